The van der Waals surface area contributed by atoms with Crippen molar-refractivity contribution in [2.24, 2.45) is 52.3 Å². The first-order chi connectivity index (χ1) is 29.4. The molecule has 356 valence electrons. The zero-order valence-electron chi connectivity index (χ0n) is 36.8. The van der Waals surface area contributed by atoms with E-state index in [4.69, 9.17) is 37.9 Å². The van der Waals surface area contributed by atoms with Crippen LogP contribution in [0.4, 0.5) is 0 Å². The highest BCUT2D eigenvalue weighted by atomic mass is 16.8. The SMILES string of the molecule is CC1CC[C@@]2(OC1)O[C@H]1C[C@H]3[C@@H]4CCC5C[C@@H](O[C@@H]6O[C@H](CO)[C@@H](O)[C@H](O)[C@H]6O[C@@H]6O[C@@H](C)[C@H](O)[C@@H](O)[C@H]6O[C@@H]6O[C@H](CO)[C@@H](O)[C@H](O)[C@H]6O)CC[C@]5(C)[C@H]4CC[C@]3(C)[C@H]1[C@@H]2C. The summed E-state index contributed by atoms with van der Waals surface area (Å²) in [6.45, 7) is 10.6. The lowest BCUT2D eigenvalue weighted by atomic mass is 9.44. The van der Waals surface area contributed by atoms with E-state index in [1.54, 1.807) is 0 Å². The van der Waals surface area contributed by atoms with Gasteiger partial charge in [-0.05, 0) is 111 Å². The van der Waals surface area contributed by atoms with Crippen LogP contribution >= 0.6 is 0 Å². The number of hydrogen-bond acceptors (Lipinski definition) is 17. The third-order valence-corrected chi connectivity index (χ3v) is 18.3. The van der Waals surface area contributed by atoms with E-state index in [-0.39, 0.29) is 23.0 Å². The molecule has 1 spiro atoms. The number of hydrogen-bond donors (Lipinski definition) is 9. The quantitative estimate of drug-likeness (QED) is 0.149. The molecule has 27 atom stereocenters. The highest BCUT2D eigenvalue weighted by Crippen LogP contribution is 2.71. The van der Waals surface area contributed by atoms with Gasteiger partial charge in [0.25, 0.3) is 0 Å². The molecule has 0 radical (unpaired) electrons. The Morgan fingerprint density at radius 1 is 0.581 bits per heavy atom. The molecule has 0 amide bonds. The molecule has 0 bridgehead atoms. The van der Waals surface area contributed by atoms with Gasteiger partial charge in [-0.15, -0.1) is 0 Å². The molecule has 4 aliphatic carbocycles. The van der Waals surface area contributed by atoms with Crippen molar-refractivity contribution in [3.05, 3.63) is 0 Å². The van der Waals surface area contributed by atoms with Crippen molar-refractivity contribution in [3.63, 3.8) is 0 Å². The molecular weight excluding hydrogens is 812 g/mol. The summed E-state index contributed by atoms with van der Waals surface area (Å²) in [5, 5.41) is 95.9. The molecule has 62 heavy (non-hydrogen) atoms. The number of aliphatic hydroxyl groups is 9. The van der Waals surface area contributed by atoms with Gasteiger partial charge in [0.15, 0.2) is 24.7 Å². The smallest absolute Gasteiger partial charge is 0.187 e. The second-order valence-corrected chi connectivity index (χ2v) is 21.5. The summed E-state index contributed by atoms with van der Waals surface area (Å²) in [7, 11) is 0. The van der Waals surface area contributed by atoms with Crippen LogP contribution in [0, 0.1) is 52.3 Å². The van der Waals surface area contributed by atoms with Crippen molar-refractivity contribution in [2.45, 2.75) is 209 Å². The Bertz CT molecular complexity index is 1550. The maximum Gasteiger partial charge on any atom is 0.187 e. The van der Waals surface area contributed by atoms with Gasteiger partial charge in [0.05, 0.1) is 38.1 Å². The van der Waals surface area contributed by atoms with Crippen LogP contribution < -0.4 is 0 Å². The van der Waals surface area contributed by atoms with Gasteiger partial charge in [0, 0.05) is 12.3 Å². The summed E-state index contributed by atoms with van der Waals surface area (Å²) >= 11 is 0. The van der Waals surface area contributed by atoms with E-state index in [1.807, 2.05) is 0 Å². The summed E-state index contributed by atoms with van der Waals surface area (Å²) in [5.74, 6) is 3.22. The standard InChI is InChI=1S/C45H74O17/c1-19-8-13-45(55-18-19)20(2)30-27(62-45)15-26-24-7-6-22-14-23(9-11-43(22,4)25(24)10-12-44(26,30)5)57-42-39(36(53)33(50)29(17-47)59-42)61-41-38(35(52)31(48)21(3)56-41)60-40-37(54)34(51)32(49)28(16-46)58-40/h19-42,46-54H,6-18H2,1-5H3/t19?,20-,21-,22?,23-,24+,25-,26-,27-,28+,29+,30-,31-,32+,33+,34-,35+,36-,37+,38+,39+,40-,41-,42+,43-,44-,45+/m0/s1. The predicted octanol–water partition coefficient (Wildman–Crippen LogP) is 0.294. The van der Waals surface area contributed by atoms with Gasteiger partial charge >= 0.3 is 0 Å². The van der Waals surface area contributed by atoms with Crippen molar-refractivity contribution in [2.75, 3.05) is 19.8 Å². The van der Waals surface area contributed by atoms with E-state index in [1.165, 1.54) is 19.8 Å². The normalized spacial score (nSPS) is 58.9. The second kappa shape index (κ2) is 17.4. The first-order valence-corrected chi connectivity index (χ1v) is 23.7. The van der Waals surface area contributed by atoms with Gasteiger partial charge in [0.1, 0.15) is 67.1 Å². The molecule has 5 heterocycles. The second-order valence-electron chi connectivity index (χ2n) is 21.5. The molecule has 17 heteroatoms. The fraction of sp³-hybridized carbons (Fsp3) is 1.00. The summed E-state index contributed by atoms with van der Waals surface area (Å²) < 4.78 is 50.0. The molecule has 0 aromatic heterocycles. The maximum absolute atomic E-state index is 11.5. The van der Waals surface area contributed by atoms with Crippen LogP contribution in [0.2, 0.25) is 0 Å². The summed E-state index contributed by atoms with van der Waals surface area (Å²) in [6.07, 6.45) is -12.8. The third-order valence-electron chi connectivity index (χ3n) is 18.3. The number of aliphatic hydroxyl groups excluding tert-OH is 9. The fourth-order valence-electron chi connectivity index (χ4n) is 14.6. The van der Waals surface area contributed by atoms with Crippen LogP contribution in [0.25, 0.3) is 0 Å². The first kappa shape index (κ1) is 46.4. The lowest BCUT2D eigenvalue weighted by Crippen LogP contribution is -2.66. The van der Waals surface area contributed by atoms with E-state index in [0.717, 1.165) is 58.0 Å². The van der Waals surface area contributed by atoms with E-state index in [9.17, 15) is 46.0 Å². The van der Waals surface area contributed by atoms with Crippen molar-refractivity contribution in [3.8, 4) is 0 Å². The predicted molar refractivity (Wildman–Crippen MR) is 214 cm³/mol. The lowest BCUT2D eigenvalue weighted by molar-refractivity contribution is -0.394. The minimum absolute atomic E-state index is 0.114. The van der Waals surface area contributed by atoms with Gasteiger partial charge in [-0.1, -0.05) is 27.7 Å². The van der Waals surface area contributed by atoms with Crippen molar-refractivity contribution in [1.29, 1.82) is 0 Å². The Hall–Kier alpha value is -0.680. The summed E-state index contributed by atoms with van der Waals surface area (Å²) in [4.78, 5) is 0. The molecule has 0 aromatic rings. The fourth-order valence-corrected chi connectivity index (χ4v) is 14.6. The van der Waals surface area contributed by atoms with Crippen LogP contribution in [0.3, 0.4) is 0 Å². The van der Waals surface area contributed by atoms with Gasteiger partial charge in [-0.25, -0.2) is 0 Å². The molecule has 9 rings (SSSR count). The Labute approximate surface area is 364 Å². The Kier molecular flexibility index (Phi) is 13.1. The number of ether oxygens (including phenoxy) is 8. The number of rotatable bonds is 8. The average Bonchev–Trinajstić information content (AvgIpc) is 3.70. The molecule has 4 saturated carbocycles. The molecular formula is C45H74O17. The van der Waals surface area contributed by atoms with Crippen molar-refractivity contribution >= 4 is 0 Å². The van der Waals surface area contributed by atoms with E-state index >= 15 is 0 Å². The third kappa shape index (κ3) is 7.56. The van der Waals surface area contributed by atoms with Gasteiger partial charge in [-0.3, -0.25) is 0 Å². The molecule has 5 aliphatic heterocycles. The summed E-state index contributed by atoms with van der Waals surface area (Å²) in [5.41, 5.74) is 0.336. The van der Waals surface area contributed by atoms with Crippen LogP contribution in [-0.2, 0) is 37.9 Å². The summed E-state index contributed by atoms with van der Waals surface area (Å²) in [6, 6.07) is 0. The maximum atomic E-state index is 11.5. The molecule has 9 fully saturated rings. The van der Waals surface area contributed by atoms with E-state index in [2.05, 4.69) is 27.7 Å². The minimum Gasteiger partial charge on any atom is -0.394 e. The minimum atomic E-state index is -1.84. The zero-order valence-corrected chi connectivity index (χ0v) is 36.8. The van der Waals surface area contributed by atoms with Gasteiger partial charge < -0.3 is 83.9 Å². The molecule has 5 saturated heterocycles. The van der Waals surface area contributed by atoms with Gasteiger partial charge in [-0.2, -0.15) is 0 Å². The van der Waals surface area contributed by atoms with Crippen LogP contribution in [0.15, 0.2) is 0 Å². The van der Waals surface area contributed by atoms with E-state index in [0.29, 0.717) is 41.4 Å². The largest absolute Gasteiger partial charge is 0.394 e. The molecule has 9 N–H and O–H groups in total. The highest BCUT2D eigenvalue weighted by molar-refractivity contribution is 5.15. The van der Waals surface area contributed by atoms with Crippen molar-refractivity contribution < 1.29 is 83.9 Å². The average molecular weight is 887 g/mol. The van der Waals surface area contributed by atoms with E-state index < -0.39 is 111 Å². The van der Waals surface area contributed by atoms with Crippen LogP contribution in [0.5, 0.6) is 0 Å². The Morgan fingerprint density at radius 2 is 1.21 bits per heavy atom. The number of fused-ring (bicyclic) bond motifs is 7. The molecule has 0 aromatic carbocycles. The molecule has 2 unspecified atom stereocenters. The highest BCUT2D eigenvalue weighted by Gasteiger charge is 2.69. The lowest BCUT2D eigenvalue weighted by Gasteiger charge is -2.61. The monoisotopic (exact) mass is 886 g/mol. The molecule has 9 aliphatic rings. The Balaban J connectivity index is 0.884. The van der Waals surface area contributed by atoms with Crippen LogP contribution in [0.1, 0.15) is 98.8 Å². The topological polar surface area (TPSA) is 256 Å². The first-order valence-electron chi connectivity index (χ1n) is 23.7. The molecule has 17 nitrogen and oxygen atoms in total. The Morgan fingerprint density at radius 3 is 1.89 bits per heavy atom. The van der Waals surface area contributed by atoms with Gasteiger partial charge in [0.2, 0.25) is 0 Å². The van der Waals surface area contributed by atoms with Crippen LogP contribution in [-0.4, -0.2) is 176 Å². The van der Waals surface area contributed by atoms with Crippen molar-refractivity contribution in [1.82, 2.24) is 0 Å². The zero-order chi connectivity index (χ0) is 44.2.